The van der Waals surface area contributed by atoms with Crippen molar-refractivity contribution in [1.82, 2.24) is 10.2 Å². The van der Waals surface area contributed by atoms with Gasteiger partial charge in [-0.15, -0.1) is 0 Å². The molecule has 0 saturated carbocycles. The second kappa shape index (κ2) is 5.73. The molecule has 1 fully saturated rings. The van der Waals surface area contributed by atoms with E-state index in [0.29, 0.717) is 16.7 Å². The van der Waals surface area contributed by atoms with Gasteiger partial charge in [0.05, 0.1) is 10.5 Å². The summed E-state index contributed by atoms with van der Waals surface area (Å²) in [6.45, 7) is 2.42. The summed E-state index contributed by atoms with van der Waals surface area (Å²) in [6, 6.07) is 3.56. The molecule has 0 bridgehead atoms. The van der Waals surface area contributed by atoms with E-state index in [2.05, 4.69) is 5.32 Å². The van der Waals surface area contributed by atoms with Gasteiger partial charge in [-0.3, -0.25) is 19.7 Å². The molecule has 20 heavy (non-hydrogen) atoms. The predicted octanol–water partition coefficient (Wildman–Crippen LogP) is 1.16. The molecule has 7 nitrogen and oxygen atoms in total. The average Bonchev–Trinajstić information content (AvgIpc) is 2.41. The van der Waals surface area contributed by atoms with Crippen LogP contribution in [-0.2, 0) is 4.79 Å². The van der Waals surface area contributed by atoms with Gasteiger partial charge in [0.1, 0.15) is 6.04 Å². The van der Waals surface area contributed by atoms with Crippen LogP contribution in [0.2, 0.25) is 0 Å². The molecular weight excluding hydrogens is 377 g/mol. The summed E-state index contributed by atoms with van der Waals surface area (Å²) in [6.07, 6.45) is 0. The van der Waals surface area contributed by atoms with Crippen LogP contribution in [0.5, 0.6) is 0 Å². The normalized spacial score (nSPS) is 18.6. The zero-order valence-corrected chi connectivity index (χ0v) is 12.8. The first-order chi connectivity index (χ1) is 9.41. The number of amides is 2. The number of non-ortho nitro benzene ring substituents is 1. The van der Waals surface area contributed by atoms with Crippen molar-refractivity contribution in [2.75, 3.05) is 13.1 Å². The molecular formula is C12H12IN3O4. The molecule has 106 valence electrons. The lowest BCUT2D eigenvalue weighted by Crippen LogP contribution is -2.55. The van der Waals surface area contributed by atoms with Crippen LogP contribution in [0.15, 0.2) is 18.2 Å². The van der Waals surface area contributed by atoms with E-state index in [9.17, 15) is 19.7 Å². The molecule has 1 atom stereocenters. The van der Waals surface area contributed by atoms with Crippen LogP contribution in [0.4, 0.5) is 5.69 Å². The lowest BCUT2D eigenvalue weighted by molar-refractivity contribution is -0.384. The Morgan fingerprint density at radius 1 is 1.55 bits per heavy atom. The SMILES string of the molecule is CC1C(=O)NCCN1C(=O)c1cc([N+](=O)[O-])ccc1I. The van der Waals surface area contributed by atoms with E-state index in [1.54, 1.807) is 6.92 Å². The Balaban J connectivity index is 2.35. The minimum Gasteiger partial charge on any atom is -0.353 e. The Kier molecular flexibility index (Phi) is 4.21. The molecule has 2 amide bonds. The summed E-state index contributed by atoms with van der Waals surface area (Å²) in [7, 11) is 0. The highest BCUT2D eigenvalue weighted by Gasteiger charge is 2.31. The van der Waals surface area contributed by atoms with Gasteiger partial charge in [-0.2, -0.15) is 0 Å². The van der Waals surface area contributed by atoms with Gasteiger partial charge >= 0.3 is 0 Å². The monoisotopic (exact) mass is 389 g/mol. The van der Waals surface area contributed by atoms with Crippen molar-refractivity contribution in [2.45, 2.75) is 13.0 Å². The number of nitrogens with one attached hydrogen (secondary N) is 1. The van der Waals surface area contributed by atoms with Gasteiger partial charge in [0.25, 0.3) is 11.6 Å². The molecule has 0 radical (unpaired) electrons. The van der Waals surface area contributed by atoms with E-state index in [-0.39, 0.29) is 23.1 Å². The zero-order chi connectivity index (χ0) is 14.9. The molecule has 1 saturated heterocycles. The van der Waals surface area contributed by atoms with Gasteiger partial charge in [0, 0.05) is 28.8 Å². The highest BCUT2D eigenvalue weighted by molar-refractivity contribution is 14.1. The summed E-state index contributed by atoms with van der Waals surface area (Å²) in [5.74, 6) is -0.578. The first-order valence-corrected chi connectivity index (χ1v) is 7.02. The van der Waals surface area contributed by atoms with Crippen LogP contribution in [-0.4, -0.2) is 40.8 Å². The maximum Gasteiger partial charge on any atom is 0.270 e. The summed E-state index contributed by atoms with van der Waals surface area (Å²) in [5.41, 5.74) is 0.115. The smallest absolute Gasteiger partial charge is 0.270 e. The third-order valence-electron chi connectivity index (χ3n) is 3.15. The predicted molar refractivity (Wildman–Crippen MR) is 79.3 cm³/mol. The number of halogens is 1. The maximum absolute atomic E-state index is 12.5. The van der Waals surface area contributed by atoms with Crippen molar-refractivity contribution in [3.05, 3.63) is 37.4 Å². The van der Waals surface area contributed by atoms with Gasteiger partial charge in [-0.05, 0) is 35.6 Å². The number of hydrogen-bond donors (Lipinski definition) is 1. The number of piperazine rings is 1. The molecule has 2 rings (SSSR count). The van der Waals surface area contributed by atoms with Crippen LogP contribution < -0.4 is 5.32 Å². The number of carbonyl (C=O) groups excluding carboxylic acids is 2. The number of hydrogen-bond acceptors (Lipinski definition) is 4. The van der Waals surface area contributed by atoms with Crippen molar-refractivity contribution in [3.8, 4) is 0 Å². The second-order valence-corrected chi connectivity index (χ2v) is 5.55. The van der Waals surface area contributed by atoms with Crippen molar-refractivity contribution in [2.24, 2.45) is 0 Å². The molecule has 0 aliphatic carbocycles. The first-order valence-electron chi connectivity index (χ1n) is 5.94. The quantitative estimate of drug-likeness (QED) is 0.467. The van der Waals surface area contributed by atoms with Gasteiger partial charge in [-0.1, -0.05) is 0 Å². The van der Waals surface area contributed by atoms with Crippen LogP contribution in [0, 0.1) is 13.7 Å². The van der Waals surface area contributed by atoms with E-state index < -0.39 is 11.0 Å². The largest absolute Gasteiger partial charge is 0.353 e. The zero-order valence-electron chi connectivity index (χ0n) is 10.6. The van der Waals surface area contributed by atoms with E-state index in [4.69, 9.17) is 0 Å². The van der Waals surface area contributed by atoms with Crippen LogP contribution in [0.3, 0.4) is 0 Å². The molecule has 0 spiro atoms. The van der Waals surface area contributed by atoms with E-state index in [1.807, 2.05) is 22.6 Å². The Hall–Kier alpha value is -1.71. The first kappa shape index (κ1) is 14.7. The average molecular weight is 389 g/mol. The number of carbonyl (C=O) groups is 2. The standard InChI is InChI=1S/C12H12IN3O4/c1-7-11(17)14-4-5-15(7)12(18)9-6-8(16(19)20)2-3-10(9)13/h2-3,6-7H,4-5H2,1H3,(H,14,17). The van der Waals surface area contributed by atoms with Gasteiger partial charge < -0.3 is 10.2 Å². The Morgan fingerprint density at radius 2 is 2.25 bits per heavy atom. The van der Waals surface area contributed by atoms with Crippen molar-refractivity contribution >= 4 is 40.1 Å². The Labute approximate surface area is 128 Å². The Bertz CT molecular complexity index is 590. The minimum absolute atomic E-state index is 0.136. The van der Waals surface area contributed by atoms with E-state index in [0.717, 1.165) is 0 Å². The molecule has 1 aromatic rings. The fraction of sp³-hybridized carbons (Fsp3) is 0.333. The molecule has 8 heteroatoms. The summed E-state index contributed by atoms with van der Waals surface area (Å²) < 4.78 is 0.622. The minimum atomic E-state index is -0.577. The summed E-state index contributed by atoms with van der Waals surface area (Å²) in [4.78, 5) is 35.7. The topological polar surface area (TPSA) is 92.6 Å². The molecule has 1 aromatic carbocycles. The number of rotatable bonds is 2. The fourth-order valence-electron chi connectivity index (χ4n) is 2.01. The van der Waals surface area contributed by atoms with E-state index in [1.165, 1.54) is 23.1 Å². The number of benzene rings is 1. The molecule has 1 aliphatic heterocycles. The molecule has 0 aromatic heterocycles. The summed E-state index contributed by atoms with van der Waals surface area (Å²) >= 11 is 1.95. The molecule has 1 heterocycles. The molecule has 1 aliphatic rings. The van der Waals surface area contributed by atoms with Crippen molar-refractivity contribution < 1.29 is 14.5 Å². The van der Waals surface area contributed by atoms with Gasteiger partial charge in [0.15, 0.2) is 0 Å². The fourth-order valence-corrected chi connectivity index (χ4v) is 2.57. The number of nitrogens with zero attached hydrogens (tertiary/aromatic N) is 2. The Morgan fingerprint density at radius 3 is 2.90 bits per heavy atom. The maximum atomic E-state index is 12.5. The molecule has 1 unspecified atom stereocenters. The second-order valence-electron chi connectivity index (χ2n) is 4.39. The highest BCUT2D eigenvalue weighted by atomic mass is 127. The number of nitro groups is 1. The number of nitro benzene ring substituents is 1. The third-order valence-corrected chi connectivity index (χ3v) is 4.09. The van der Waals surface area contributed by atoms with Crippen LogP contribution in [0.1, 0.15) is 17.3 Å². The van der Waals surface area contributed by atoms with Gasteiger partial charge in [-0.25, -0.2) is 0 Å². The van der Waals surface area contributed by atoms with Crippen molar-refractivity contribution in [1.29, 1.82) is 0 Å². The summed E-state index contributed by atoms with van der Waals surface area (Å²) in [5, 5.41) is 13.5. The van der Waals surface area contributed by atoms with Crippen LogP contribution >= 0.6 is 22.6 Å². The molecule has 1 N–H and O–H groups in total. The van der Waals surface area contributed by atoms with Crippen LogP contribution in [0.25, 0.3) is 0 Å². The lowest BCUT2D eigenvalue weighted by Gasteiger charge is -2.33. The third kappa shape index (κ3) is 2.74. The van der Waals surface area contributed by atoms with E-state index >= 15 is 0 Å². The van der Waals surface area contributed by atoms with Gasteiger partial charge in [0.2, 0.25) is 5.91 Å². The lowest BCUT2D eigenvalue weighted by atomic mass is 10.1. The van der Waals surface area contributed by atoms with Crippen molar-refractivity contribution in [3.63, 3.8) is 0 Å². The highest BCUT2D eigenvalue weighted by Crippen LogP contribution is 2.22.